The Morgan fingerprint density at radius 2 is 2.03 bits per heavy atom. The Kier molecular flexibility index (Phi) is 7.16. The van der Waals surface area contributed by atoms with E-state index in [1.807, 2.05) is 6.92 Å². The first-order valence-corrected chi connectivity index (χ1v) is 11.6. The Labute approximate surface area is 199 Å². The highest BCUT2D eigenvalue weighted by molar-refractivity contribution is 5.97. The number of amides is 1. The second-order valence-electron chi connectivity index (χ2n) is 8.97. The molecule has 2 aromatic rings. The van der Waals surface area contributed by atoms with E-state index >= 15 is 0 Å². The van der Waals surface area contributed by atoms with Gasteiger partial charge in [0.15, 0.2) is 0 Å². The highest BCUT2D eigenvalue weighted by Gasteiger charge is 2.40. The lowest BCUT2D eigenvalue weighted by Gasteiger charge is -2.36. The van der Waals surface area contributed by atoms with Gasteiger partial charge in [0.05, 0.1) is 29.1 Å². The molecule has 11 heteroatoms. The second kappa shape index (κ2) is 9.96. The number of nitrogens with one attached hydrogen (secondary N) is 1. The molecule has 7 nitrogen and oxygen atoms in total. The van der Waals surface area contributed by atoms with Crippen LogP contribution in [0, 0.1) is 11.2 Å². The van der Waals surface area contributed by atoms with Gasteiger partial charge in [-0.15, -0.1) is 0 Å². The highest BCUT2D eigenvalue weighted by Crippen LogP contribution is 2.37. The van der Waals surface area contributed by atoms with Crippen molar-refractivity contribution in [2.75, 3.05) is 26.4 Å². The highest BCUT2D eigenvalue weighted by atomic mass is 19.4. The Hall–Kier alpha value is -2.95. The minimum absolute atomic E-state index is 0.132. The lowest BCUT2D eigenvalue weighted by Crippen LogP contribution is -2.40. The van der Waals surface area contributed by atoms with Crippen LogP contribution in [0.15, 0.2) is 18.2 Å². The van der Waals surface area contributed by atoms with E-state index in [2.05, 4.69) is 10.4 Å². The first kappa shape index (κ1) is 25.2. The molecule has 1 saturated heterocycles. The molecule has 35 heavy (non-hydrogen) atoms. The van der Waals surface area contributed by atoms with E-state index in [1.54, 1.807) is 4.68 Å². The molecule has 3 heterocycles. The fraction of sp³-hybridized carbons (Fsp3) is 0.542. The summed E-state index contributed by atoms with van der Waals surface area (Å²) in [7, 11) is 0. The molecule has 1 spiro atoms. The second-order valence-corrected chi connectivity index (χ2v) is 8.97. The van der Waals surface area contributed by atoms with Gasteiger partial charge in [-0.2, -0.15) is 18.3 Å². The Bertz CT molecular complexity index is 1110. The molecule has 4 rings (SSSR count). The first-order valence-electron chi connectivity index (χ1n) is 11.6. The van der Waals surface area contributed by atoms with E-state index in [9.17, 15) is 27.2 Å². The van der Waals surface area contributed by atoms with Gasteiger partial charge < -0.3 is 14.8 Å². The minimum atomic E-state index is -4.89. The van der Waals surface area contributed by atoms with Crippen LogP contribution in [0.1, 0.15) is 63.9 Å². The number of carbonyl (C=O) groups is 2. The summed E-state index contributed by atoms with van der Waals surface area (Å²) in [6.45, 7) is 3.75. The van der Waals surface area contributed by atoms with Gasteiger partial charge in [0.2, 0.25) is 0 Å². The number of hydrogen-bond donors (Lipinski definition) is 1. The van der Waals surface area contributed by atoms with Crippen molar-refractivity contribution >= 4 is 11.9 Å². The van der Waals surface area contributed by atoms with Gasteiger partial charge >= 0.3 is 12.1 Å². The zero-order valence-corrected chi connectivity index (χ0v) is 19.3. The number of nitrogens with zero attached hydrogens (tertiary/aromatic N) is 2. The fourth-order valence-corrected chi connectivity index (χ4v) is 4.78. The van der Waals surface area contributed by atoms with Crippen LogP contribution in [0.5, 0.6) is 0 Å². The van der Waals surface area contributed by atoms with Crippen molar-refractivity contribution in [3.8, 4) is 0 Å². The lowest BCUT2D eigenvalue weighted by molar-refractivity contribution is -0.138. The van der Waals surface area contributed by atoms with Crippen LogP contribution in [0.25, 0.3) is 0 Å². The summed E-state index contributed by atoms with van der Waals surface area (Å²) in [6.07, 6.45) is -1.85. The van der Waals surface area contributed by atoms with Crippen molar-refractivity contribution in [1.82, 2.24) is 15.1 Å². The van der Waals surface area contributed by atoms with E-state index in [4.69, 9.17) is 9.47 Å². The van der Waals surface area contributed by atoms with Crippen LogP contribution in [-0.2, 0) is 35.0 Å². The number of benzene rings is 1. The molecule has 1 N–H and O–H groups in total. The quantitative estimate of drug-likeness (QED) is 0.372. The van der Waals surface area contributed by atoms with Crippen LogP contribution in [0.4, 0.5) is 17.6 Å². The minimum Gasteiger partial charge on any atom is -0.462 e. The molecular weight excluding hydrogens is 470 g/mol. The molecule has 190 valence electrons. The number of esters is 1. The molecule has 0 radical (unpaired) electrons. The third-order valence-corrected chi connectivity index (χ3v) is 6.68. The normalized spacial score (nSPS) is 17.6. The third kappa shape index (κ3) is 5.19. The number of rotatable bonds is 6. The van der Waals surface area contributed by atoms with Crippen molar-refractivity contribution in [1.29, 1.82) is 0 Å². The van der Waals surface area contributed by atoms with Crippen molar-refractivity contribution in [3.63, 3.8) is 0 Å². The van der Waals surface area contributed by atoms with Gasteiger partial charge in [-0.25, -0.2) is 9.18 Å². The summed E-state index contributed by atoms with van der Waals surface area (Å²) in [5.41, 5.74) is -0.597. The summed E-state index contributed by atoms with van der Waals surface area (Å²) < 4.78 is 65.8. The monoisotopic (exact) mass is 497 g/mol. The maximum Gasteiger partial charge on any atom is 0.417 e. The van der Waals surface area contributed by atoms with Gasteiger partial charge in [-0.05, 0) is 43.2 Å². The molecule has 0 atom stereocenters. The summed E-state index contributed by atoms with van der Waals surface area (Å²) >= 11 is 0. The van der Waals surface area contributed by atoms with Crippen molar-refractivity contribution in [3.05, 3.63) is 52.1 Å². The van der Waals surface area contributed by atoms with E-state index in [1.165, 1.54) is 0 Å². The Balaban J connectivity index is 1.47. The Morgan fingerprint density at radius 3 is 2.71 bits per heavy atom. The molecule has 2 aliphatic heterocycles. The van der Waals surface area contributed by atoms with Gasteiger partial charge in [-0.1, -0.05) is 13.0 Å². The average Bonchev–Trinajstić information content (AvgIpc) is 3.10. The molecular formula is C24H27F4N3O4. The van der Waals surface area contributed by atoms with Crippen LogP contribution in [0.2, 0.25) is 0 Å². The molecule has 1 aromatic heterocycles. The number of ether oxygens (including phenoxy) is 2. The molecule has 0 unspecified atom stereocenters. The van der Waals surface area contributed by atoms with Crippen molar-refractivity contribution in [2.24, 2.45) is 5.41 Å². The van der Waals surface area contributed by atoms with Crippen molar-refractivity contribution in [2.45, 2.75) is 51.7 Å². The van der Waals surface area contributed by atoms with Crippen LogP contribution in [0.3, 0.4) is 0 Å². The largest absolute Gasteiger partial charge is 0.462 e. The number of aryl methyl sites for hydroxylation is 2. The number of fused-ring (bicyclic) bond motifs is 1. The smallest absolute Gasteiger partial charge is 0.417 e. The van der Waals surface area contributed by atoms with Crippen LogP contribution < -0.4 is 5.32 Å². The molecule has 0 saturated carbocycles. The predicted molar refractivity (Wildman–Crippen MR) is 116 cm³/mol. The fourth-order valence-electron chi connectivity index (χ4n) is 4.78. The molecule has 0 bridgehead atoms. The van der Waals surface area contributed by atoms with Crippen molar-refractivity contribution < 1.29 is 36.6 Å². The van der Waals surface area contributed by atoms with E-state index in [0.29, 0.717) is 56.5 Å². The van der Waals surface area contributed by atoms with Crippen LogP contribution in [-0.4, -0.2) is 48.0 Å². The number of hydrogen-bond acceptors (Lipinski definition) is 5. The number of alkyl halides is 3. The first-order chi connectivity index (χ1) is 16.6. The summed E-state index contributed by atoms with van der Waals surface area (Å²) in [4.78, 5) is 25.1. The van der Waals surface area contributed by atoms with E-state index in [-0.39, 0.29) is 24.3 Å². The molecule has 1 aromatic carbocycles. The lowest BCUT2D eigenvalue weighted by atomic mass is 9.76. The molecule has 1 fully saturated rings. The van der Waals surface area contributed by atoms with Gasteiger partial charge in [0, 0.05) is 32.7 Å². The van der Waals surface area contributed by atoms with Gasteiger partial charge in [0.1, 0.15) is 11.4 Å². The summed E-state index contributed by atoms with van der Waals surface area (Å²) in [6, 6.07) is 2.32. The van der Waals surface area contributed by atoms with Gasteiger partial charge in [-0.3, -0.25) is 9.48 Å². The standard InChI is InChI=1S/C24H27F4N3O4/c1-2-17-20-18(13-23(14-29-21(20)32)7-11-34-12-8-23)31(30-17)9-4-10-35-22(33)19-15(24(26,27)28)5-3-6-16(19)25/h3,5-6H,2,4,7-14H2,1H3,(H,29,32). The third-order valence-electron chi connectivity index (χ3n) is 6.68. The Morgan fingerprint density at radius 1 is 1.29 bits per heavy atom. The van der Waals surface area contributed by atoms with E-state index < -0.39 is 29.1 Å². The molecule has 1 amide bonds. The van der Waals surface area contributed by atoms with Crippen LogP contribution >= 0.6 is 0 Å². The molecule has 2 aliphatic rings. The number of carbonyl (C=O) groups excluding carboxylic acids is 2. The van der Waals surface area contributed by atoms with E-state index in [0.717, 1.165) is 30.7 Å². The number of halogens is 4. The SMILES string of the molecule is CCc1nn(CCCOC(=O)c2c(F)cccc2C(F)(F)F)c2c1C(=O)NCC1(CCOCC1)C2. The summed E-state index contributed by atoms with van der Waals surface area (Å²) in [5.74, 6) is -2.83. The zero-order valence-electron chi connectivity index (χ0n) is 19.3. The predicted octanol–water partition coefficient (Wildman–Crippen LogP) is 3.93. The average molecular weight is 497 g/mol. The van der Waals surface area contributed by atoms with Gasteiger partial charge in [0.25, 0.3) is 5.91 Å². The maximum atomic E-state index is 14.0. The topological polar surface area (TPSA) is 82.5 Å². The summed E-state index contributed by atoms with van der Waals surface area (Å²) in [5, 5.41) is 7.62. The maximum absolute atomic E-state index is 14.0. The number of aromatic nitrogens is 2. The molecule has 0 aliphatic carbocycles. The zero-order chi connectivity index (χ0) is 25.2.